The molecule has 0 saturated heterocycles. The van der Waals surface area contributed by atoms with Crippen molar-refractivity contribution in [3.63, 3.8) is 0 Å². The molecule has 0 fully saturated rings. The normalized spacial score (nSPS) is 10.5. The summed E-state index contributed by atoms with van der Waals surface area (Å²) in [6.45, 7) is 3.71. The number of nitrogens with zero attached hydrogens (tertiary/aromatic N) is 1. The molecule has 0 aliphatic heterocycles. The second kappa shape index (κ2) is 5.12. The molecule has 1 aromatic carbocycles. The molecule has 0 amide bonds. The van der Waals surface area contributed by atoms with Gasteiger partial charge in [-0.05, 0) is 43.2 Å². The van der Waals surface area contributed by atoms with Crippen molar-refractivity contribution in [3.05, 3.63) is 51.4 Å². The van der Waals surface area contributed by atoms with Gasteiger partial charge in [0, 0.05) is 11.2 Å². The van der Waals surface area contributed by atoms with Gasteiger partial charge in [-0.25, -0.2) is 9.37 Å². The van der Waals surface area contributed by atoms with Gasteiger partial charge in [0.15, 0.2) is 5.82 Å². The lowest BCUT2D eigenvalue weighted by atomic mass is 10.1. The van der Waals surface area contributed by atoms with E-state index in [2.05, 4.69) is 4.98 Å². The maximum atomic E-state index is 13.5. The van der Waals surface area contributed by atoms with E-state index in [1.165, 1.54) is 6.20 Å². The average Bonchev–Trinajstić information content (AvgIpc) is 2.29. The van der Waals surface area contributed by atoms with Gasteiger partial charge in [-0.2, -0.15) is 0 Å². The largest absolute Gasteiger partial charge is 0.436 e. The molecule has 18 heavy (non-hydrogen) atoms. The van der Waals surface area contributed by atoms with Crippen LogP contribution in [0.3, 0.4) is 0 Å². The zero-order valence-electron chi connectivity index (χ0n) is 9.80. The van der Waals surface area contributed by atoms with Crippen molar-refractivity contribution in [2.24, 2.45) is 0 Å². The van der Waals surface area contributed by atoms with Crippen LogP contribution in [0.2, 0.25) is 10.0 Å². The van der Waals surface area contributed by atoms with Crippen LogP contribution in [0, 0.1) is 19.7 Å². The smallest absolute Gasteiger partial charge is 0.255 e. The van der Waals surface area contributed by atoms with E-state index in [0.717, 1.165) is 17.2 Å². The molecule has 0 bridgehead atoms. The fourth-order valence-corrected chi connectivity index (χ4v) is 1.81. The standard InChI is InChI=1S/C13H10Cl2FNO/c1-7-3-10(4-8(2)12(7)15)18-13-11(16)5-9(14)6-17-13/h3-6H,1-2H3. The minimum atomic E-state index is -0.604. The van der Waals surface area contributed by atoms with Crippen molar-refractivity contribution in [2.75, 3.05) is 0 Å². The summed E-state index contributed by atoms with van der Waals surface area (Å²) in [5, 5.41) is 0.898. The number of halogens is 3. The Kier molecular flexibility index (Phi) is 3.73. The SMILES string of the molecule is Cc1cc(Oc2ncc(Cl)cc2F)cc(C)c1Cl. The van der Waals surface area contributed by atoms with E-state index in [9.17, 15) is 4.39 Å². The molecule has 0 spiro atoms. The fraction of sp³-hybridized carbons (Fsp3) is 0.154. The zero-order valence-corrected chi connectivity index (χ0v) is 11.3. The minimum Gasteiger partial charge on any atom is -0.436 e. The van der Waals surface area contributed by atoms with Gasteiger partial charge < -0.3 is 4.74 Å². The molecule has 1 heterocycles. The third kappa shape index (κ3) is 2.74. The summed E-state index contributed by atoms with van der Waals surface area (Å²) in [6.07, 6.45) is 1.33. The van der Waals surface area contributed by atoms with Gasteiger partial charge in [-0.15, -0.1) is 0 Å². The second-order valence-corrected chi connectivity index (χ2v) is 4.73. The number of benzene rings is 1. The molecule has 0 aliphatic carbocycles. The lowest BCUT2D eigenvalue weighted by Crippen LogP contribution is -1.93. The zero-order chi connectivity index (χ0) is 13.3. The van der Waals surface area contributed by atoms with Crippen LogP contribution >= 0.6 is 23.2 Å². The maximum Gasteiger partial charge on any atom is 0.255 e. The minimum absolute atomic E-state index is 0.111. The Bertz CT molecular complexity index is 579. The van der Waals surface area contributed by atoms with Crippen LogP contribution in [-0.2, 0) is 0 Å². The predicted octanol–water partition coefficient (Wildman–Crippen LogP) is 4.94. The summed E-state index contributed by atoms with van der Waals surface area (Å²) < 4.78 is 18.9. The number of hydrogen-bond donors (Lipinski definition) is 0. The highest BCUT2D eigenvalue weighted by molar-refractivity contribution is 6.32. The molecule has 0 aliphatic rings. The van der Waals surface area contributed by atoms with Gasteiger partial charge in [0.05, 0.1) is 5.02 Å². The number of aromatic nitrogens is 1. The number of ether oxygens (including phenoxy) is 1. The van der Waals surface area contributed by atoms with Crippen LogP contribution in [0.15, 0.2) is 24.4 Å². The first-order chi connectivity index (χ1) is 8.47. The second-order valence-electron chi connectivity index (χ2n) is 3.91. The third-order valence-corrected chi connectivity index (χ3v) is 3.20. The Morgan fingerprint density at radius 1 is 1.11 bits per heavy atom. The highest BCUT2D eigenvalue weighted by atomic mass is 35.5. The third-order valence-electron chi connectivity index (χ3n) is 2.40. The van der Waals surface area contributed by atoms with Gasteiger partial charge in [-0.3, -0.25) is 0 Å². The van der Waals surface area contributed by atoms with Crippen molar-refractivity contribution in [3.8, 4) is 11.6 Å². The molecule has 2 rings (SSSR count). The topological polar surface area (TPSA) is 22.1 Å². The van der Waals surface area contributed by atoms with Crippen LogP contribution in [0.1, 0.15) is 11.1 Å². The van der Waals surface area contributed by atoms with Crippen molar-refractivity contribution in [2.45, 2.75) is 13.8 Å². The molecule has 0 atom stereocenters. The van der Waals surface area contributed by atoms with E-state index in [4.69, 9.17) is 27.9 Å². The Morgan fingerprint density at radius 2 is 1.72 bits per heavy atom. The molecule has 0 saturated carbocycles. The summed E-state index contributed by atoms with van der Waals surface area (Å²) in [4.78, 5) is 3.79. The van der Waals surface area contributed by atoms with E-state index < -0.39 is 5.82 Å². The van der Waals surface area contributed by atoms with Crippen molar-refractivity contribution >= 4 is 23.2 Å². The number of rotatable bonds is 2. The summed E-state index contributed by atoms with van der Waals surface area (Å²) in [5.74, 6) is -0.226. The van der Waals surface area contributed by atoms with Crippen molar-refractivity contribution < 1.29 is 9.13 Å². The molecule has 5 heteroatoms. The van der Waals surface area contributed by atoms with E-state index in [1.54, 1.807) is 12.1 Å². The molecular formula is C13H10Cl2FNO. The Balaban J connectivity index is 2.34. The summed E-state index contributed by atoms with van der Waals surface area (Å²) in [6, 6.07) is 4.61. The van der Waals surface area contributed by atoms with Gasteiger partial charge in [0.25, 0.3) is 5.88 Å². The van der Waals surface area contributed by atoms with Gasteiger partial charge in [0.1, 0.15) is 5.75 Å². The predicted molar refractivity (Wildman–Crippen MR) is 70.2 cm³/mol. The molecule has 94 valence electrons. The number of aryl methyl sites for hydroxylation is 2. The molecule has 2 aromatic rings. The molecule has 0 radical (unpaired) electrons. The highest BCUT2D eigenvalue weighted by Gasteiger charge is 2.09. The van der Waals surface area contributed by atoms with E-state index in [0.29, 0.717) is 10.8 Å². The van der Waals surface area contributed by atoms with Gasteiger partial charge >= 0.3 is 0 Å². The average molecular weight is 286 g/mol. The van der Waals surface area contributed by atoms with Gasteiger partial charge in [0.2, 0.25) is 0 Å². The first-order valence-corrected chi connectivity index (χ1v) is 5.98. The first-order valence-electron chi connectivity index (χ1n) is 5.23. The van der Waals surface area contributed by atoms with Crippen LogP contribution in [0.5, 0.6) is 11.6 Å². The Hall–Kier alpha value is -1.32. The first kappa shape index (κ1) is 13.1. The number of hydrogen-bond acceptors (Lipinski definition) is 2. The Morgan fingerprint density at radius 3 is 2.28 bits per heavy atom. The van der Waals surface area contributed by atoms with Crippen LogP contribution < -0.4 is 4.74 Å². The van der Waals surface area contributed by atoms with Gasteiger partial charge in [-0.1, -0.05) is 23.2 Å². The Labute approximate surface area is 114 Å². The monoisotopic (exact) mass is 285 g/mol. The van der Waals surface area contributed by atoms with Crippen LogP contribution in [0.25, 0.3) is 0 Å². The van der Waals surface area contributed by atoms with E-state index >= 15 is 0 Å². The van der Waals surface area contributed by atoms with E-state index in [1.807, 2.05) is 13.8 Å². The summed E-state index contributed by atoms with van der Waals surface area (Å²) in [5.41, 5.74) is 1.72. The fourth-order valence-electron chi connectivity index (χ4n) is 1.55. The number of pyridine rings is 1. The molecule has 0 N–H and O–H groups in total. The van der Waals surface area contributed by atoms with E-state index in [-0.39, 0.29) is 10.9 Å². The molecule has 1 aromatic heterocycles. The van der Waals surface area contributed by atoms with Crippen LogP contribution in [-0.4, -0.2) is 4.98 Å². The lowest BCUT2D eigenvalue weighted by Gasteiger charge is -2.09. The van der Waals surface area contributed by atoms with Crippen molar-refractivity contribution in [1.29, 1.82) is 0 Å². The van der Waals surface area contributed by atoms with Crippen LogP contribution in [0.4, 0.5) is 4.39 Å². The maximum absolute atomic E-state index is 13.5. The molecule has 0 unspecified atom stereocenters. The highest BCUT2D eigenvalue weighted by Crippen LogP contribution is 2.29. The summed E-state index contributed by atoms with van der Waals surface area (Å²) in [7, 11) is 0. The quantitative estimate of drug-likeness (QED) is 0.780. The summed E-state index contributed by atoms with van der Waals surface area (Å²) >= 11 is 11.7. The lowest BCUT2D eigenvalue weighted by molar-refractivity contribution is 0.422. The molecular weight excluding hydrogens is 276 g/mol. The molecule has 2 nitrogen and oxygen atoms in total. The van der Waals surface area contributed by atoms with Crippen molar-refractivity contribution in [1.82, 2.24) is 4.98 Å².